The van der Waals surface area contributed by atoms with Gasteiger partial charge in [-0.15, -0.1) is 0 Å². The molecule has 0 atom stereocenters. The van der Waals surface area contributed by atoms with E-state index in [1.54, 1.807) is 0 Å². The van der Waals surface area contributed by atoms with Crippen LogP contribution in [-0.2, 0) is 6.54 Å². The zero-order valence-electron chi connectivity index (χ0n) is 11.9. The second-order valence-corrected chi connectivity index (χ2v) is 5.09. The molecule has 0 saturated heterocycles. The summed E-state index contributed by atoms with van der Waals surface area (Å²) in [5.74, 6) is 0.0313. The highest BCUT2D eigenvalue weighted by molar-refractivity contribution is 5.94. The summed E-state index contributed by atoms with van der Waals surface area (Å²) >= 11 is 0. The molecule has 0 fully saturated rings. The molecule has 0 saturated carbocycles. The van der Waals surface area contributed by atoms with Gasteiger partial charge in [0.25, 0.3) is 5.91 Å². The van der Waals surface area contributed by atoms with Crippen LogP contribution < -0.4 is 5.73 Å². The molecule has 0 radical (unpaired) electrons. The van der Waals surface area contributed by atoms with Crippen LogP contribution in [0.25, 0.3) is 0 Å². The van der Waals surface area contributed by atoms with Crippen molar-refractivity contribution in [3.8, 4) is 0 Å². The van der Waals surface area contributed by atoms with Gasteiger partial charge in [-0.1, -0.05) is 36.4 Å². The van der Waals surface area contributed by atoms with E-state index in [4.69, 9.17) is 5.73 Å². The standard InChI is InChI=1S/C17H20N2O/c1-13(2)19(12-15-10-6-7-11-16(15)18)17(20)14-8-4-3-5-9-14/h3-11,13H,12,18H2,1-2H3. The van der Waals surface area contributed by atoms with Gasteiger partial charge in [-0.05, 0) is 37.6 Å². The normalized spacial score (nSPS) is 10.6. The molecule has 1 amide bonds. The van der Waals surface area contributed by atoms with E-state index >= 15 is 0 Å². The van der Waals surface area contributed by atoms with Crippen molar-refractivity contribution in [1.29, 1.82) is 0 Å². The van der Waals surface area contributed by atoms with Crippen molar-refractivity contribution in [2.45, 2.75) is 26.4 Å². The average Bonchev–Trinajstić information content (AvgIpc) is 2.46. The molecule has 0 aliphatic carbocycles. The first kappa shape index (κ1) is 14.1. The number of nitrogens with zero attached hydrogens (tertiary/aromatic N) is 1. The lowest BCUT2D eigenvalue weighted by Gasteiger charge is -2.27. The number of benzene rings is 2. The van der Waals surface area contributed by atoms with Crippen molar-refractivity contribution >= 4 is 11.6 Å². The second-order valence-electron chi connectivity index (χ2n) is 5.09. The van der Waals surface area contributed by atoms with Gasteiger partial charge in [0, 0.05) is 23.8 Å². The molecular formula is C17H20N2O. The van der Waals surface area contributed by atoms with Gasteiger partial charge in [0.1, 0.15) is 0 Å². The predicted octanol–water partition coefficient (Wildman–Crippen LogP) is 3.32. The van der Waals surface area contributed by atoms with Crippen LogP contribution in [0, 0.1) is 0 Å². The highest BCUT2D eigenvalue weighted by atomic mass is 16.2. The monoisotopic (exact) mass is 268 g/mol. The van der Waals surface area contributed by atoms with Gasteiger partial charge in [-0.2, -0.15) is 0 Å². The molecule has 20 heavy (non-hydrogen) atoms. The molecule has 3 heteroatoms. The minimum Gasteiger partial charge on any atom is -0.398 e. The Balaban J connectivity index is 2.24. The number of hydrogen-bond acceptors (Lipinski definition) is 2. The lowest BCUT2D eigenvalue weighted by atomic mass is 10.1. The third-order valence-corrected chi connectivity index (χ3v) is 3.30. The topological polar surface area (TPSA) is 46.3 Å². The van der Waals surface area contributed by atoms with Crippen LogP contribution in [0.3, 0.4) is 0 Å². The van der Waals surface area contributed by atoms with Crippen molar-refractivity contribution < 1.29 is 4.79 Å². The summed E-state index contributed by atoms with van der Waals surface area (Å²) in [7, 11) is 0. The molecule has 0 heterocycles. The fourth-order valence-corrected chi connectivity index (χ4v) is 2.10. The second kappa shape index (κ2) is 6.24. The Morgan fingerprint density at radius 1 is 1.05 bits per heavy atom. The van der Waals surface area contributed by atoms with Crippen LogP contribution >= 0.6 is 0 Å². The summed E-state index contributed by atoms with van der Waals surface area (Å²) in [5.41, 5.74) is 8.37. The van der Waals surface area contributed by atoms with Gasteiger partial charge in [-0.25, -0.2) is 0 Å². The third kappa shape index (κ3) is 3.18. The van der Waals surface area contributed by atoms with Crippen molar-refractivity contribution in [1.82, 2.24) is 4.90 Å². The number of hydrogen-bond donors (Lipinski definition) is 1. The summed E-state index contributed by atoms with van der Waals surface area (Å²) in [6.45, 7) is 4.55. The van der Waals surface area contributed by atoms with E-state index in [9.17, 15) is 4.79 Å². The molecule has 104 valence electrons. The summed E-state index contributed by atoms with van der Waals surface area (Å²) < 4.78 is 0. The van der Waals surface area contributed by atoms with E-state index in [0.29, 0.717) is 12.1 Å². The van der Waals surface area contributed by atoms with Crippen LogP contribution in [0.5, 0.6) is 0 Å². The summed E-state index contributed by atoms with van der Waals surface area (Å²) in [6, 6.07) is 17.1. The van der Waals surface area contributed by atoms with Crippen LogP contribution in [0.1, 0.15) is 29.8 Å². The van der Waals surface area contributed by atoms with E-state index in [1.807, 2.05) is 73.3 Å². The number of anilines is 1. The first-order valence-corrected chi connectivity index (χ1v) is 6.79. The average molecular weight is 268 g/mol. The maximum absolute atomic E-state index is 12.6. The molecule has 2 N–H and O–H groups in total. The third-order valence-electron chi connectivity index (χ3n) is 3.30. The minimum atomic E-state index is 0.0313. The van der Waals surface area contributed by atoms with E-state index < -0.39 is 0 Å². The molecule has 0 aromatic heterocycles. The van der Waals surface area contributed by atoms with Gasteiger partial charge < -0.3 is 10.6 Å². The molecule has 0 aliphatic heterocycles. The number of nitrogens with two attached hydrogens (primary N) is 1. The Hall–Kier alpha value is -2.29. The molecule has 0 bridgehead atoms. The Morgan fingerprint density at radius 3 is 2.25 bits per heavy atom. The zero-order valence-corrected chi connectivity index (χ0v) is 11.9. The Kier molecular flexibility index (Phi) is 4.41. The Bertz CT molecular complexity index is 579. The lowest BCUT2D eigenvalue weighted by Crippen LogP contribution is -2.36. The first-order valence-electron chi connectivity index (χ1n) is 6.79. The molecule has 2 aromatic rings. The maximum atomic E-state index is 12.6. The highest BCUT2D eigenvalue weighted by Gasteiger charge is 2.19. The molecule has 0 spiro atoms. The summed E-state index contributed by atoms with van der Waals surface area (Å²) in [6.07, 6.45) is 0. The van der Waals surface area contributed by atoms with Crippen LogP contribution in [0.4, 0.5) is 5.69 Å². The molecule has 0 unspecified atom stereocenters. The maximum Gasteiger partial charge on any atom is 0.254 e. The van der Waals surface area contributed by atoms with E-state index in [-0.39, 0.29) is 11.9 Å². The summed E-state index contributed by atoms with van der Waals surface area (Å²) in [4.78, 5) is 14.4. The number of nitrogen functional groups attached to an aromatic ring is 1. The Morgan fingerprint density at radius 2 is 1.65 bits per heavy atom. The number of amides is 1. The molecule has 2 aromatic carbocycles. The van der Waals surface area contributed by atoms with E-state index in [0.717, 1.165) is 11.3 Å². The smallest absolute Gasteiger partial charge is 0.254 e. The van der Waals surface area contributed by atoms with Crippen molar-refractivity contribution in [2.24, 2.45) is 0 Å². The quantitative estimate of drug-likeness (QED) is 0.865. The number of carbonyl (C=O) groups is 1. The van der Waals surface area contributed by atoms with Crippen LogP contribution in [0.15, 0.2) is 54.6 Å². The highest BCUT2D eigenvalue weighted by Crippen LogP contribution is 2.17. The SMILES string of the molecule is CC(C)N(Cc1ccccc1N)C(=O)c1ccccc1. The van der Waals surface area contributed by atoms with Gasteiger partial charge in [0.15, 0.2) is 0 Å². The largest absolute Gasteiger partial charge is 0.398 e. The van der Waals surface area contributed by atoms with E-state index in [2.05, 4.69) is 0 Å². The Labute approximate surface area is 120 Å². The molecule has 2 rings (SSSR count). The van der Waals surface area contributed by atoms with Gasteiger partial charge >= 0.3 is 0 Å². The zero-order chi connectivity index (χ0) is 14.5. The van der Waals surface area contributed by atoms with Crippen molar-refractivity contribution in [2.75, 3.05) is 5.73 Å². The van der Waals surface area contributed by atoms with Crippen LogP contribution in [-0.4, -0.2) is 16.8 Å². The fourth-order valence-electron chi connectivity index (χ4n) is 2.10. The number of carbonyl (C=O) groups excluding carboxylic acids is 1. The number of rotatable bonds is 4. The lowest BCUT2D eigenvalue weighted by molar-refractivity contribution is 0.0691. The van der Waals surface area contributed by atoms with Gasteiger partial charge in [0.05, 0.1) is 0 Å². The number of para-hydroxylation sites is 1. The van der Waals surface area contributed by atoms with Gasteiger partial charge in [-0.3, -0.25) is 4.79 Å². The summed E-state index contributed by atoms with van der Waals surface area (Å²) in [5, 5.41) is 0. The molecular weight excluding hydrogens is 248 g/mol. The van der Waals surface area contributed by atoms with E-state index in [1.165, 1.54) is 0 Å². The molecule has 0 aliphatic rings. The van der Waals surface area contributed by atoms with Crippen LogP contribution in [0.2, 0.25) is 0 Å². The van der Waals surface area contributed by atoms with Crippen molar-refractivity contribution in [3.63, 3.8) is 0 Å². The predicted molar refractivity (Wildman–Crippen MR) is 82.3 cm³/mol. The minimum absolute atomic E-state index is 0.0313. The molecule has 3 nitrogen and oxygen atoms in total. The fraction of sp³-hybridized carbons (Fsp3) is 0.235. The van der Waals surface area contributed by atoms with Crippen molar-refractivity contribution in [3.05, 3.63) is 65.7 Å². The van der Waals surface area contributed by atoms with Gasteiger partial charge in [0.2, 0.25) is 0 Å². The first-order chi connectivity index (χ1) is 9.59.